The lowest BCUT2D eigenvalue weighted by molar-refractivity contribution is 0.0955. The number of rotatable bonds is 4. The normalized spacial score (nSPS) is 16.4. The summed E-state index contributed by atoms with van der Waals surface area (Å²) in [5, 5.41) is 5.52. The number of nitrogens with one attached hydrogen (secondary N) is 2. The quantitative estimate of drug-likeness (QED) is 0.742. The summed E-state index contributed by atoms with van der Waals surface area (Å²) in [6, 6.07) is 1.38. The van der Waals surface area contributed by atoms with Crippen molar-refractivity contribution in [3.8, 4) is 0 Å². The summed E-state index contributed by atoms with van der Waals surface area (Å²) in [5.74, 6) is -0.308. The van der Waals surface area contributed by atoms with Gasteiger partial charge in [0.25, 0.3) is 5.91 Å². The third-order valence-corrected chi connectivity index (χ3v) is 5.27. The lowest BCUT2D eigenvalue weighted by atomic mass is 10.2. The predicted molar refractivity (Wildman–Crippen MR) is 70.4 cm³/mol. The van der Waals surface area contributed by atoms with E-state index in [-0.39, 0.29) is 16.8 Å². The smallest absolute Gasteiger partial charge is 0.267 e. The molecule has 1 aromatic rings. The summed E-state index contributed by atoms with van der Waals surface area (Å²) in [7, 11) is 1.17. The maximum absolute atomic E-state index is 12.4. The summed E-state index contributed by atoms with van der Waals surface area (Å²) >= 11 is 0. The number of amides is 1. The van der Waals surface area contributed by atoms with Gasteiger partial charge in [-0.05, 0) is 6.07 Å². The minimum absolute atomic E-state index is 0.0198. The summed E-state index contributed by atoms with van der Waals surface area (Å²) < 4.78 is 27.7. The molecule has 1 aromatic heterocycles. The molecule has 1 aliphatic heterocycles. The monoisotopic (exact) mass is 286 g/mol. The van der Waals surface area contributed by atoms with Crippen LogP contribution in [0, 0.1) is 0 Å². The minimum atomic E-state index is -3.55. The van der Waals surface area contributed by atoms with E-state index in [1.807, 2.05) is 0 Å². The number of likely N-dealkylation sites (N-methyl/N-ethyl adjacent to an activating group) is 1. The van der Waals surface area contributed by atoms with Crippen LogP contribution >= 0.6 is 0 Å². The van der Waals surface area contributed by atoms with Gasteiger partial charge in [0.1, 0.15) is 10.6 Å². The van der Waals surface area contributed by atoms with Crippen LogP contribution in [0.15, 0.2) is 17.2 Å². The highest BCUT2D eigenvalue weighted by molar-refractivity contribution is 7.89. The number of sulfonamides is 1. The molecule has 0 spiro atoms. The molecule has 2 N–H and O–H groups in total. The van der Waals surface area contributed by atoms with E-state index >= 15 is 0 Å². The molecule has 0 aromatic carbocycles. The molecular formula is C11H18N4O3S. The van der Waals surface area contributed by atoms with Crippen LogP contribution in [0.4, 0.5) is 0 Å². The third kappa shape index (κ3) is 2.38. The van der Waals surface area contributed by atoms with Crippen molar-refractivity contribution in [3.05, 3.63) is 18.0 Å². The predicted octanol–water partition coefficient (Wildman–Crippen LogP) is -1.02. The Morgan fingerprint density at radius 1 is 1.53 bits per heavy atom. The summed E-state index contributed by atoms with van der Waals surface area (Å²) in [6.45, 7) is 1.32. The Morgan fingerprint density at radius 2 is 2.16 bits per heavy atom. The largest absolute Gasteiger partial charge is 0.354 e. The van der Waals surface area contributed by atoms with Gasteiger partial charge in [-0.25, -0.2) is 8.42 Å². The SMILES string of the molecule is CNC(=O)c1cc(S(=O)(=O)N(C)C2CNC2)cn1C. The van der Waals surface area contributed by atoms with E-state index in [0.717, 1.165) is 0 Å². The highest BCUT2D eigenvalue weighted by atomic mass is 32.2. The number of aromatic nitrogens is 1. The molecule has 1 amide bonds. The maximum Gasteiger partial charge on any atom is 0.267 e. The minimum Gasteiger partial charge on any atom is -0.354 e. The number of aryl methyl sites for hydroxylation is 1. The first-order chi connectivity index (χ1) is 8.87. The molecule has 0 saturated carbocycles. The fourth-order valence-corrected chi connectivity index (χ4v) is 3.35. The van der Waals surface area contributed by atoms with Gasteiger partial charge in [-0.1, -0.05) is 0 Å². The zero-order valence-corrected chi connectivity index (χ0v) is 12.0. The highest BCUT2D eigenvalue weighted by Crippen LogP contribution is 2.20. The second-order valence-corrected chi connectivity index (χ2v) is 6.58. The van der Waals surface area contributed by atoms with Crippen molar-refractivity contribution >= 4 is 15.9 Å². The van der Waals surface area contributed by atoms with Crippen LogP contribution in [0.3, 0.4) is 0 Å². The van der Waals surface area contributed by atoms with E-state index in [1.54, 1.807) is 14.1 Å². The zero-order valence-electron chi connectivity index (χ0n) is 11.2. The molecule has 7 nitrogen and oxygen atoms in total. The lowest BCUT2D eigenvalue weighted by Gasteiger charge is -2.34. The van der Waals surface area contributed by atoms with Gasteiger partial charge in [-0.15, -0.1) is 0 Å². The van der Waals surface area contributed by atoms with Crippen molar-refractivity contribution in [2.75, 3.05) is 27.2 Å². The summed E-state index contributed by atoms with van der Waals surface area (Å²) in [5.41, 5.74) is 0.321. The van der Waals surface area contributed by atoms with E-state index in [1.165, 1.54) is 28.2 Å². The van der Waals surface area contributed by atoms with E-state index in [2.05, 4.69) is 10.6 Å². The van der Waals surface area contributed by atoms with E-state index in [0.29, 0.717) is 18.8 Å². The number of nitrogens with zero attached hydrogens (tertiary/aromatic N) is 2. The topological polar surface area (TPSA) is 83.4 Å². The van der Waals surface area contributed by atoms with Crippen LogP contribution in [-0.2, 0) is 17.1 Å². The zero-order chi connectivity index (χ0) is 14.2. The summed E-state index contributed by atoms with van der Waals surface area (Å²) in [6.07, 6.45) is 1.46. The van der Waals surface area contributed by atoms with Crippen molar-refractivity contribution in [2.24, 2.45) is 7.05 Å². The first-order valence-corrected chi connectivity index (χ1v) is 7.39. The van der Waals surface area contributed by atoms with E-state index in [4.69, 9.17) is 0 Å². The Labute approximate surface area is 112 Å². The van der Waals surface area contributed by atoms with Gasteiger partial charge in [0.05, 0.1) is 0 Å². The van der Waals surface area contributed by atoms with Crippen LogP contribution < -0.4 is 10.6 Å². The Kier molecular flexibility index (Phi) is 3.66. The van der Waals surface area contributed by atoms with Crippen molar-refractivity contribution in [1.29, 1.82) is 0 Å². The molecule has 1 saturated heterocycles. The van der Waals surface area contributed by atoms with Crippen LogP contribution in [0.2, 0.25) is 0 Å². The lowest BCUT2D eigenvalue weighted by Crippen LogP contribution is -2.57. The van der Waals surface area contributed by atoms with Crippen LogP contribution in [0.1, 0.15) is 10.5 Å². The molecule has 0 atom stereocenters. The molecule has 0 radical (unpaired) electrons. The van der Waals surface area contributed by atoms with Crippen molar-refractivity contribution in [2.45, 2.75) is 10.9 Å². The highest BCUT2D eigenvalue weighted by Gasteiger charge is 2.32. The van der Waals surface area contributed by atoms with Gasteiger partial charge in [-0.2, -0.15) is 4.31 Å². The Hall–Kier alpha value is -1.38. The second-order valence-electron chi connectivity index (χ2n) is 4.58. The number of hydrogen-bond donors (Lipinski definition) is 2. The maximum atomic E-state index is 12.4. The number of hydrogen-bond acceptors (Lipinski definition) is 4. The standard InChI is InChI=1S/C11H18N4O3S/c1-12-11(16)10-4-9(7-14(10)2)19(17,18)15(3)8-5-13-6-8/h4,7-8,13H,5-6H2,1-3H3,(H,12,16). The third-order valence-electron chi connectivity index (χ3n) is 3.39. The van der Waals surface area contributed by atoms with Crippen LogP contribution in [0.5, 0.6) is 0 Å². The van der Waals surface area contributed by atoms with Crippen LogP contribution in [-0.4, -0.2) is 56.4 Å². The molecule has 1 fully saturated rings. The molecule has 19 heavy (non-hydrogen) atoms. The molecule has 2 heterocycles. The fourth-order valence-electron chi connectivity index (χ4n) is 1.92. The average Bonchev–Trinajstić information content (AvgIpc) is 2.68. The fraction of sp³-hybridized carbons (Fsp3) is 0.545. The van der Waals surface area contributed by atoms with Crippen molar-refractivity contribution in [1.82, 2.24) is 19.5 Å². The first-order valence-electron chi connectivity index (χ1n) is 5.95. The van der Waals surface area contributed by atoms with Gasteiger partial charge in [0, 0.05) is 46.5 Å². The van der Waals surface area contributed by atoms with Gasteiger partial charge in [0.2, 0.25) is 10.0 Å². The molecule has 106 valence electrons. The Morgan fingerprint density at radius 3 is 2.63 bits per heavy atom. The second kappa shape index (κ2) is 4.95. The Balaban J connectivity index is 2.33. The van der Waals surface area contributed by atoms with Crippen molar-refractivity contribution < 1.29 is 13.2 Å². The van der Waals surface area contributed by atoms with E-state index < -0.39 is 10.0 Å². The van der Waals surface area contributed by atoms with Crippen LogP contribution in [0.25, 0.3) is 0 Å². The Bertz CT molecular complexity index is 589. The molecule has 2 rings (SSSR count). The average molecular weight is 286 g/mol. The van der Waals surface area contributed by atoms with Gasteiger partial charge in [0.15, 0.2) is 0 Å². The molecule has 0 aliphatic carbocycles. The summed E-state index contributed by atoms with van der Waals surface area (Å²) in [4.78, 5) is 11.7. The molecular weight excluding hydrogens is 268 g/mol. The van der Waals surface area contributed by atoms with Gasteiger partial charge >= 0.3 is 0 Å². The van der Waals surface area contributed by atoms with Gasteiger partial charge < -0.3 is 15.2 Å². The first kappa shape index (κ1) is 14.0. The van der Waals surface area contributed by atoms with Crippen molar-refractivity contribution in [3.63, 3.8) is 0 Å². The molecule has 0 unspecified atom stereocenters. The van der Waals surface area contributed by atoms with E-state index in [9.17, 15) is 13.2 Å². The number of carbonyl (C=O) groups excluding carboxylic acids is 1. The molecule has 1 aliphatic rings. The van der Waals surface area contributed by atoms with Gasteiger partial charge in [-0.3, -0.25) is 4.79 Å². The molecule has 0 bridgehead atoms. The molecule has 8 heteroatoms. The number of carbonyl (C=O) groups is 1.